The van der Waals surface area contributed by atoms with E-state index < -0.39 is 0 Å². The summed E-state index contributed by atoms with van der Waals surface area (Å²) < 4.78 is 0. The SMILES string of the molecule is CN(C)C(=O)[C@H]1CSCN1C(=O)CCc1cc(Cl)cs1. The van der Waals surface area contributed by atoms with Crippen molar-refractivity contribution in [3.63, 3.8) is 0 Å². The summed E-state index contributed by atoms with van der Waals surface area (Å²) >= 11 is 9.06. The molecule has 2 heterocycles. The zero-order chi connectivity index (χ0) is 14.7. The van der Waals surface area contributed by atoms with Crippen molar-refractivity contribution in [1.29, 1.82) is 0 Å². The van der Waals surface area contributed by atoms with Gasteiger partial charge in [0.25, 0.3) is 0 Å². The molecule has 0 bridgehead atoms. The highest BCUT2D eigenvalue weighted by atomic mass is 35.5. The van der Waals surface area contributed by atoms with Crippen molar-refractivity contribution in [3.8, 4) is 0 Å². The zero-order valence-electron chi connectivity index (χ0n) is 11.5. The number of amides is 2. The molecule has 0 aliphatic carbocycles. The minimum Gasteiger partial charge on any atom is -0.347 e. The molecule has 1 atom stereocenters. The first kappa shape index (κ1) is 15.7. The van der Waals surface area contributed by atoms with Crippen molar-refractivity contribution >= 4 is 46.5 Å². The third-order valence-electron chi connectivity index (χ3n) is 3.14. The van der Waals surface area contributed by atoms with E-state index in [1.165, 1.54) is 0 Å². The van der Waals surface area contributed by atoms with Gasteiger partial charge < -0.3 is 9.80 Å². The number of thioether (sulfide) groups is 1. The fourth-order valence-corrected chi connectivity index (χ4v) is 4.30. The molecule has 2 rings (SSSR count). The van der Waals surface area contributed by atoms with Crippen molar-refractivity contribution < 1.29 is 9.59 Å². The van der Waals surface area contributed by atoms with Crippen LogP contribution in [0, 0.1) is 0 Å². The number of aryl methyl sites for hydroxylation is 1. The lowest BCUT2D eigenvalue weighted by molar-refractivity contribution is -0.141. The molecule has 1 fully saturated rings. The monoisotopic (exact) mass is 332 g/mol. The summed E-state index contributed by atoms with van der Waals surface area (Å²) in [4.78, 5) is 28.7. The third kappa shape index (κ3) is 3.68. The van der Waals surface area contributed by atoms with E-state index >= 15 is 0 Å². The molecule has 0 saturated carbocycles. The van der Waals surface area contributed by atoms with Crippen molar-refractivity contribution in [2.75, 3.05) is 25.7 Å². The molecular weight excluding hydrogens is 316 g/mol. The van der Waals surface area contributed by atoms with Crippen LogP contribution in [-0.4, -0.2) is 53.4 Å². The molecule has 0 aromatic carbocycles. The number of hydrogen-bond acceptors (Lipinski definition) is 4. The Balaban J connectivity index is 1.92. The molecule has 0 spiro atoms. The van der Waals surface area contributed by atoms with Crippen LogP contribution in [0.4, 0.5) is 0 Å². The second-order valence-corrected chi connectivity index (χ2v) is 7.28. The van der Waals surface area contributed by atoms with Crippen molar-refractivity contribution in [3.05, 3.63) is 21.3 Å². The second-order valence-electron chi connectivity index (χ2n) is 4.84. The van der Waals surface area contributed by atoms with E-state index in [9.17, 15) is 9.59 Å². The van der Waals surface area contributed by atoms with Crippen molar-refractivity contribution in [2.45, 2.75) is 18.9 Å². The highest BCUT2D eigenvalue weighted by Gasteiger charge is 2.35. The molecule has 1 aliphatic heterocycles. The number of nitrogens with zero attached hydrogens (tertiary/aromatic N) is 2. The molecule has 1 aromatic heterocycles. The summed E-state index contributed by atoms with van der Waals surface area (Å²) in [6.45, 7) is 0. The summed E-state index contributed by atoms with van der Waals surface area (Å²) in [7, 11) is 3.45. The van der Waals surface area contributed by atoms with Crippen LogP contribution in [0.25, 0.3) is 0 Å². The molecule has 7 heteroatoms. The molecule has 0 N–H and O–H groups in total. The maximum atomic E-state index is 12.3. The van der Waals surface area contributed by atoms with E-state index in [0.29, 0.717) is 24.5 Å². The smallest absolute Gasteiger partial charge is 0.245 e. The quantitative estimate of drug-likeness (QED) is 0.849. The van der Waals surface area contributed by atoms with Crippen LogP contribution in [0.3, 0.4) is 0 Å². The average Bonchev–Trinajstić information content (AvgIpc) is 3.03. The summed E-state index contributed by atoms with van der Waals surface area (Å²) in [6.07, 6.45) is 1.11. The van der Waals surface area contributed by atoms with Crippen LogP contribution in [0.15, 0.2) is 11.4 Å². The van der Waals surface area contributed by atoms with Crippen LogP contribution >= 0.6 is 34.7 Å². The number of thiophene rings is 1. The Hall–Kier alpha value is -0.720. The predicted molar refractivity (Wildman–Crippen MR) is 84.3 cm³/mol. The van der Waals surface area contributed by atoms with Gasteiger partial charge in [-0.15, -0.1) is 23.1 Å². The maximum Gasteiger partial charge on any atom is 0.245 e. The molecule has 2 amide bonds. The Kier molecular flexibility index (Phi) is 5.35. The van der Waals surface area contributed by atoms with E-state index in [1.54, 1.807) is 47.0 Å². The van der Waals surface area contributed by atoms with Crippen LogP contribution in [0.5, 0.6) is 0 Å². The van der Waals surface area contributed by atoms with Gasteiger partial charge in [0, 0.05) is 36.5 Å². The zero-order valence-corrected chi connectivity index (χ0v) is 13.9. The molecular formula is C13H17ClN2O2S2. The first-order valence-electron chi connectivity index (χ1n) is 6.30. The van der Waals surface area contributed by atoms with Crippen molar-refractivity contribution in [2.24, 2.45) is 0 Å². The van der Waals surface area contributed by atoms with E-state index in [-0.39, 0.29) is 17.9 Å². The van der Waals surface area contributed by atoms with Crippen LogP contribution in [-0.2, 0) is 16.0 Å². The van der Waals surface area contributed by atoms with E-state index in [4.69, 9.17) is 11.6 Å². The normalized spacial score (nSPS) is 18.4. The Morgan fingerprint density at radius 2 is 2.25 bits per heavy atom. The van der Waals surface area contributed by atoms with Gasteiger partial charge in [-0.2, -0.15) is 0 Å². The molecule has 1 saturated heterocycles. The fraction of sp³-hybridized carbons (Fsp3) is 0.538. The number of rotatable bonds is 4. The summed E-state index contributed by atoms with van der Waals surface area (Å²) in [6, 6.07) is 1.58. The Morgan fingerprint density at radius 3 is 2.85 bits per heavy atom. The van der Waals surface area contributed by atoms with Crippen molar-refractivity contribution in [1.82, 2.24) is 9.80 Å². The summed E-state index contributed by atoms with van der Waals surface area (Å²) in [5.41, 5.74) is 0. The maximum absolute atomic E-state index is 12.3. The molecule has 1 aliphatic rings. The lowest BCUT2D eigenvalue weighted by Gasteiger charge is -2.25. The first-order valence-corrected chi connectivity index (χ1v) is 8.71. The Bertz CT molecular complexity index is 504. The lowest BCUT2D eigenvalue weighted by Crippen LogP contribution is -2.46. The van der Waals surface area contributed by atoms with Gasteiger partial charge in [0.05, 0.1) is 10.9 Å². The lowest BCUT2D eigenvalue weighted by atomic mass is 10.2. The van der Waals surface area contributed by atoms with Gasteiger partial charge in [-0.25, -0.2) is 0 Å². The first-order chi connectivity index (χ1) is 9.49. The number of halogens is 1. The minimum absolute atomic E-state index is 0.00233. The minimum atomic E-state index is -0.311. The van der Waals surface area contributed by atoms with E-state index in [1.807, 2.05) is 11.4 Å². The number of likely N-dealkylation sites (N-methyl/N-ethyl adjacent to an activating group) is 1. The summed E-state index contributed by atoms with van der Waals surface area (Å²) in [5.74, 6) is 1.34. The Morgan fingerprint density at radius 1 is 1.50 bits per heavy atom. The number of carbonyl (C=O) groups is 2. The number of carbonyl (C=O) groups excluding carboxylic acids is 2. The van der Waals surface area contributed by atoms with Gasteiger partial charge in [0.15, 0.2) is 0 Å². The highest BCUT2D eigenvalue weighted by molar-refractivity contribution is 7.99. The largest absolute Gasteiger partial charge is 0.347 e. The van der Waals surface area contributed by atoms with E-state index in [2.05, 4.69) is 0 Å². The highest BCUT2D eigenvalue weighted by Crippen LogP contribution is 2.25. The fourth-order valence-electron chi connectivity index (χ4n) is 2.05. The molecule has 0 unspecified atom stereocenters. The topological polar surface area (TPSA) is 40.6 Å². The van der Waals surface area contributed by atoms with Gasteiger partial charge in [-0.1, -0.05) is 11.6 Å². The van der Waals surface area contributed by atoms with Crippen LogP contribution in [0.1, 0.15) is 11.3 Å². The van der Waals surface area contributed by atoms with E-state index in [0.717, 1.165) is 9.90 Å². The number of hydrogen-bond donors (Lipinski definition) is 0. The second kappa shape index (κ2) is 6.83. The van der Waals surface area contributed by atoms with Crippen LogP contribution < -0.4 is 0 Å². The molecule has 110 valence electrons. The Labute approximate surface area is 132 Å². The molecule has 0 radical (unpaired) electrons. The predicted octanol–water partition coefficient (Wildman–Crippen LogP) is 2.32. The standard InChI is InChI=1S/C13H17ClN2O2S2/c1-15(2)13(18)11-7-19-8-16(11)12(17)4-3-10-5-9(14)6-20-10/h5-6,11H,3-4,7-8H2,1-2H3/t11-/m1/s1. The molecule has 4 nitrogen and oxygen atoms in total. The van der Waals surface area contributed by atoms with Gasteiger partial charge in [0.2, 0.25) is 11.8 Å². The summed E-state index contributed by atoms with van der Waals surface area (Å²) in [5, 5.41) is 2.58. The van der Waals surface area contributed by atoms with Gasteiger partial charge in [0.1, 0.15) is 6.04 Å². The van der Waals surface area contributed by atoms with Gasteiger partial charge in [-0.3, -0.25) is 9.59 Å². The average molecular weight is 333 g/mol. The molecule has 1 aromatic rings. The third-order valence-corrected chi connectivity index (χ3v) is 5.49. The van der Waals surface area contributed by atoms with Gasteiger partial charge in [-0.05, 0) is 12.5 Å². The molecule has 20 heavy (non-hydrogen) atoms. The van der Waals surface area contributed by atoms with Gasteiger partial charge >= 0.3 is 0 Å². The van der Waals surface area contributed by atoms with Crippen LogP contribution in [0.2, 0.25) is 5.02 Å².